The molecule has 0 saturated carbocycles. The summed E-state index contributed by atoms with van der Waals surface area (Å²) in [6.07, 6.45) is 1.35. The Bertz CT molecular complexity index is 914. The smallest absolute Gasteiger partial charge is 0.246 e. The van der Waals surface area contributed by atoms with Gasteiger partial charge in [-0.05, 0) is 23.0 Å². The maximum Gasteiger partial charge on any atom is 0.246 e. The predicted molar refractivity (Wildman–Crippen MR) is 142 cm³/mol. The van der Waals surface area contributed by atoms with Crippen LogP contribution in [0.15, 0.2) is 60.7 Å². The number of thioether (sulfide) groups is 1. The molecule has 184 valence electrons. The van der Waals surface area contributed by atoms with E-state index >= 15 is 0 Å². The van der Waals surface area contributed by atoms with Crippen LogP contribution < -0.4 is 5.32 Å². The van der Waals surface area contributed by atoms with Crippen LogP contribution in [0.2, 0.25) is 0 Å². The van der Waals surface area contributed by atoms with E-state index in [0.717, 1.165) is 31.8 Å². The lowest BCUT2D eigenvalue weighted by Gasteiger charge is -2.37. The third-order valence-electron chi connectivity index (χ3n) is 6.28. The van der Waals surface area contributed by atoms with Crippen molar-refractivity contribution in [1.82, 2.24) is 15.1 Å². The molecule has 0 unspecified atom stereocenters. The van der Waals surface area contributed by atoms with Crippen LogP contribution in [0.1, 0.15) is 45.2 Å². The van der Waals surface area contributed by atoms with Crippen molar-refractivity contribution in [1.29, 1.82) is 0 Å². The Balaban J connectivity index is 1.74. The Hall–Kier alpha value is -2.31. The van der Waals surface area contributed by atoms with Crippen LogP contribution in [0.3, 0.4) is 0 Å². The second-order valence-corrected chi connectivity index (χ2v) is 11.1. The molecule has 2 amide bonds. The summed E-state index contributed by atoms with van der Waals surface area (Å²) < 4.78 is 0. The first-order chi connectivity index (χ1) is 16.3. The van der Waals surface area contributed by atoms with Gasteiger partial charge in [-0.1, -0.05) is 88.4 Å². The SMILES string of the molecule is CCC(=O)N[C@H](C(=O)N1CSC[C@H]1CN(CCc1ccccc1)Cc1ccccc1)C(C)(C)C. The Labute approximate surface area is 209 Å². The van der Waals surface area contributed by atoms with E-state index in [4.69, 9.17) is 0 Å². The fourth-order valence-electron chi connectivity index (χ4n) is 4.26. The second-order valence-electron chi connectivity index (χ2n) is 10.1. The first kappa shape index (κ1) is 26.3. The average Bonchev–Trinajstić information content (AvgIpc) is 3.29. The van der Waals surface area contributed by atoms with E-state index in [2.05, 4.69) is 58.7 Å². The molecule has 1 heterocycles. The van der Waals surface area contributed by atoms with Crippen molar-refractivity contribution >= 4 is 23.6 Å². The van der Waals surface area contributed by atoms with Crippen molar-refractivity contribution in [2.75, 3.05) is 24.7 Å². The van der Waals surface area contributed by atoms with Crippen molar-refractivity contribution in [3.05, 3.63) is 71.8 Å². The monoisotopic (exact) mass is 481 g/mol. The highest BCUT2D eigenvalue weighted by molar-refractivity contribution is 7.99. The topological polar surface area (TPSA) is 52.7 Å². The summed E-state index contributed by atoms with van der Waals surface area (Å²) in [4.78, 5) is 30.3. The van der Waals surface area contributed by atoms with Gasteiger partial charge in [-0.2, -0.15) is 0 Å². The fraction of sp³-hybridized carbons (Fsp3) is 0.500. The fourth-order valence-corrected chi connectivity index (χ4v) is 5.46. The highest BCUT2D eigenvalue weighted by Crippen LogP contribution is 2.28. The van der Waals surface area contributed by atoms with Crippen molar-refractivity contribution in [3.63, 3.8) is 0 Å². The number of benzene rings is 2. The zero-order chi connectivity index (χ0) is 24.6. The molecule has 1 aliphatic heterocycles. The van der Waals surface area contributed by atoms with E-state index in [1.807, 2.05) is 44.7 Å². The number of hydrogen-bond acceptors (Lipinski definition) is 4. The molecule has 3 rings (SSSR count). The summed E-state index contributed by atoms with van der Waals surface area (Å²) in [6.45, 7) is 10.5. The van der Waals surface area contributed by atoms with Gasteiger partial charge in [0.2, 0.25) is 11.8 Å². The molecule has 2 atom stereocenters. The van der Waals surface area contributed by atoms with Crippen molar-refractivity contribution in [3.8, 4) is 0 Å². The third kappa shape index (κ3) is 7.60. The van der Waals surface area contributed by atoms with Gasteiger partial charge in [0.1, 0.15) is 6.04 Å². The summed E-state index contributed by atoms with van der Waals surface area (Å²) in [5.41, 5.74) is 2.25. The number of amides is 2. The molecule has 1 saturated heterocycles. The molecular formula is C28H39N3O2S. The van der Waals surface area contributed by atoms with Crippen LogP contribution in [0, 0.1) is 5.41 Å². The van der Waals surface area contributed by atoms with Gasteiger partial charge in [0.15, 0.2) is 0 Å². The van der Waals surface area contributed by atoms with Gasteiger partial charge in [0.05, 0.1) is 11.9 Å². The molecule has 34 heavy (non-hydrogen) atoms. The van der Waals surface area contributed by atoms with E-state index in [-0.39, 0.29) is 23.3 Å². The van der Waals surface area contributed by atoms with E-state index in [1.165, 1.54) is 11.1 Å². The molecule has 0 aliphatic carbocycles. The van der Waals surface area contributed by atoms with Crippen LogP contribution >= 0.6 is 11.8 Å². The minimum Gasteiger partial charge on any atom is -0.344 e. The molecule has 2 aromatic carbocycles. The zero-order valence-corrected chi connectivity index (χ0v) is 21.8. The lowest BCUT2D eigenvalue weighted by Crippen LogP contribution is -2.57. The van der Waals surface area contributed by atoms with Crippen LogP contribution in [0.25, 0.3) is 0 Å². The molecule has 0 bridgehead atoms. The highest BCUT2D eigenvalue weighted by Gasteiger charge is 2.40. The number of rotatable bonds is 10. The standard InChI is InChI=1S/C28H39N3O2S/c1-5-25(32)29-26(28(2,3)4)27(33)31-21-34-20-24(31)19-30(18-23-14-10-7-11-15-23)17-16-22-12-8-6-9-13-22/h6-15,24,26H,5,16-21H2,1-4H3,(H,29,32)/t24-,26-/m1/s1. The number of hydrogen-bond donors (Lipinski definition) is 1. The van der Waals surface area contributed by atoms with Gasteiger partial charge in [-0.25, -0.2) is 0 Å². The van der Waals surface area contributed by atoms with E-state index in [0.29, 0.717) is 12.3 Å². The minimum absolute atomic E-state index is 0.0343. The molecule has 1 fully saturated rings. The second kappa shape index (κ2) is 12.4. The zero-order valence-electron chi connectivity index (χ0n) is 21.0. The lowest BCUT2D eigenvalue weighted by molar-refractivity contribution is -0.140. The van der Waals surface area contributed by atoms with Crippen LogP contribution in [-0.4, -0.2) is 58.4 Å². The third-order valence-corrected chi connectivity index (χ3v) is 7.36. The minimum atomic E-state index is -0.520. The molecule has 5 nitrogen and oxygen atoms in total. The first-order valence-electron chi connectivity index (χ1n) is 12.3. The molecule has 2 aromatic rings. The number of nitrogens with zero attached hydrogens (tertiary/aromatic N) is 2. The highest BCUT2D eigenvalue weighted by atomic mass is 32.2. The quantitative estimate of drug-likeness (QED) is 0.540. The van der Waals surface area contributed by atoms with Crippen molar-refractivity contribution < 1.29 is 9.59 Å². The summed E-state index contributed by atoms with van der Waals surface area (Å²) in [5.74, 6) is 1.55. The molecule has 0 aromatic heterocycles. The van der Waals surface area contributed by atoms with Crippen LogP contribution in [-0.2, 0) is 22.6 Å². The average molecular weight is 482 g/mol. The number of carbonyl (C=O) groups excluding carboxylic acids is 2. The largest absolute Gasteiger partial charge is 0.344 e. The molecular weight excluding hydrogens is 442 g/mol. The molecule has 1 N–H and O–H groups in total. The summed E-state index contributed by atoms with van der Waals surface area (Å²) in [5, 5.41) is 2.99. The molecule has 0 radical (unpaired) electrons. The summed E-state index contributed by atoms with van der Waals surface area (Å²) >= 11 is 1.80. The van der Waals surface area contributed by atoms with Gasteiger partial charge < -0.3 is 10.2 Å². The van der Waals surface area contributed by atoms with Crippen molar-refractivity contribution in [2.24, 2.45) is 5.41 Å². The summed E-state index contributed by atoms with van der Waals surface area (Å²) in [7, 11) is 0. The molecule has 0 spiro atoms. The van der Waals surface area contributed by atoms with Crippen LogP contribution in [0.4, 0.5) is 0 Å². The Kier molecular flexibility index (Phi) is 9.60. The predicted octanol–water partition coefficient (Wildman–Crippen LogP) is 4.57. The van der Waals surface area contributed by atoms with E-state index < -0.39 is 6.04 Å². The van der Waals surface area contributed by atoms with Gasteiger partial charge in [0, 0.05) is 31.8 Å². The van der Waals surface area contributed by atoms with Crippen molar-refractivity contribution in [2.45, 2.75) is 59.2 Å². The van der Waals surface area contributed by atoms with Crippen LogP contribution in [0.5, 0.6) is 0 Å². The normalized spacial score (nSPS) is 17.1. The number of carbonyl (C=O) groups is 2. The Morgan fingerprint density at radius 3 is 2.26 bits per heavy atom. The molecule has 1 aliphatic rings. The number of nitrogens with one attached hydrogen (secondary N) is 1. The Morgan fingerprint density at radius 1 is 1.06 bits per heavy atom. The van der Waals surface area contributed by atoms with Gasteiger partial charge in [-0.3, -0.25) is 14.5 Å². The van der Waals surface area contributed by atoms with Gasteiger partial charge >= 0.3 is 0 Å². The Morgan fingerprint density at radius 2 is 1.68 bits per heavy atom. The summed E-state index contributed by atoms with van der Waals surface area (Å²) in [6, 6.07) is 20.7. The van der Waals surface area contributed by atoms with E-state index in [9.17, 15) is 9.59 Å². The van der Waals surface area contributed by atoms with E-state index in [1.54, 1.807) is 11.8 Å². The molecule has 6 heteroatoms. The maximum atomic E-state index is 13.7. The maximum absolute atomic E-state index is 13.7. The van der Waals surface area contributed by atoms with Gasteiger partial charge in [0.25, 0.3) is 0 Å². The van der Waals surface area contributed by atoms with Gasteiger partial charge in [-0.15, -0.1) is 11.8 Å². The lowest BCUT2D eigenvalue weighted by atomic mass is 9.85. The first-order valence-corrected chi connectivity index (χ1v) is 13.4.